The van der Waals surface area contributed by atoms with Gasteiger partial charge in [-0.15, -0.1) is 0 Å². The number of aromatic nitrogens is 2. The molecular weight excluding hydrogens is 156 g/mol. The fourth-order valence-electron chi connectivity index (χ4n) is 0.953. The van der Waals surface area contributed by atoms with Crippen molar-refractivity contribution in [1.82, 2.24) is 9.97 Å². The van der Waals surface area contributed by atoms with E-state index in [1.54, 1.807) is 4.90 Å². The van der Waals surface area contributed by atoms with Crippen LogP contribution in [0.1, 0.15) is 5.56 Å². The highest BCUT2D eigenvalue weighted by molar-refractivity contribution is 5.55. The van der Waals surface area contributed by atoms with Gasteiger partial charge >= 0.3 is 0 Å². The third-order valence-electron chi connectivity index (χ3n) is 1.54. The van der Waals surface area contributed by atoms with E-state index in [9.17, 15) is 0 Å². The molecule has 0 amide bonds. The Kier molecular flexibility index (Phi) is 2.44. The number of aliphatic hydroxyl groups excluding tert-OH is 1. The Balaban J connectivity index is 3.18. The van der Waals surface area contributed by atoms with Crippen LogP contribution in [0.2, 0.25) is 0 Å². The lowest BCUT2D eigenvalue weighted by Crippen LogP contribution is -2.15. The fourth-order valence-corrected chi connectivity index (χ4v) is 0.953. The molecule has 0 aliphatic rings. The van der Waals surface area contributed by atoms with E-state index in [1.807, 2.05) is 14.1 Å². The van der Waals surface area contributed by atoms with Gasteiger partial charge in [-0.3, -0.25) is 0 Å². The van der Waals surface area contributed by atoms with Gasteiger partial charge in [0, 0.05) is 14.1 Å². The van der Waals surface area contributed by atoms with Crippen molar-refractivity contribution in [2.45, 2.75) is 6.61 Å². The number of nitrogens with zero attached hydrogens (tertiary/aromatic N) is 3. The minimum Gasteiger partial charge on any atom is -0.391 e. The van der Waals surface area contributed by atoms with E-state index in [0.717, 1.165) is 0 Å². The largest absolute Gasteiger partial charge is 0.391 e. The molecule has 1 rings (SSSR count). The Bertz CT molecular complexity index is 274. The smallest absolute Gasteiger partial charge is 0.139 e. The van der Waals surface area contributed by atoms with Gasteiger partial charge in [0.05, 0.1) is 12.2 Å². The van der Waals surface area contributed by atoms with Gasteiger partial charge in [0.1, 0.15) is 18.0 Å². The molecule has 0 radical (unpaired) electrons. The number of hydrogen-bond acceptors (Lipinski definition) is 5. The van der Waals surface area contributed by atoms with Crippen LogP contribution >= 0.6 is 0 Å². The second-order valence-corrected chi connectivity index (χ2v) is 2.61. The summed E-state index contributed by atoms with van der Waals surface area (Å²) in [7, 11) is 3.67. The topological polar surface area (TPSA) is 75.3 Å². The van der Waals surface area contributed by atoms with Gasteiger partial charge in [0.15, 0.2) is 0 Å². The van der Waals surface area contributed by atoms with Crippen molar-refractivity contribution in [2.24, 2.45) is 0 Å². The molecule has 0 aromatic carbocycles. The summed E-state index contributed by atoms with van der Waals surface area (Å²) in [5.41, 5.74) is 6.10. The van der Waals surface area contributed by atoms with Gasteiger partial charge in [0.2, 0.25) is 0 Å². The van der Waals surface area contributed by atoms with Gasteiger partial charge < -0.3 is 15.7 Å². The van der Waals surface area contributed by atoms with E-state index in [4.69, 9.17) is 10.8 Å². The molecule has 5 heteroatoms. The van der Waals surface area contributed by atoms with Crippen LogP contribution in [0.15, 0.2) is 6.33 Å². The second kappa shape index (κ2) is 3.36. The third kappa shape index (κ3) is 1.45. The number of nitrogens with two attached hydrogens (primary N) is 1. The average Bonchev–Trinajstić information content (AvgIpc) is 2.03. The van der Waals surface area contributed by atoms with Gasteiger partial charge in [-0.1, -0.05) is 0 Å². The lowest BCUT2D eigenvalue weighted by atomic mass is 10.3. The minimum atomic E-state index is -0.139. The quantitative estimate of drug-likeness (QED) is 0.629. The van der Waals surface area contributed by atoms with Crippen molar-refractivity contribution in [3.63, 3.8) is 0 Å². The van der Waals surface area contributed by atoms with Crippen LogP contribution in [0.5, 0.6) is 0 Å². The van der Waals surface area contributed by atoms with Crippen molar-refractivity contribution < 1.29 is 5.11 Å². The van der Waals surface area contributed by atoms with Crippen molar-refractivity contribution >= 4 is 11.6 Å². The molecule has 66 valence electrons. The van der Waals surface area contributed by atoms with E-state index in [1.165, 1.54) is 6.33 Å². The Morgan fingerprint density at radius 2 is 2.17 bits per heavy atom. The summed E-state index contributed by atoms with van der Waals surface area (Å²) in [5.74, 6) is 0.987. The summed E-state index contributed by atoms with van der Waals surface area (Å²) in [6.07, 6.45) is 1.38. The molecule has 0 saturated heterocycles. The maximum atomic E-state index is 8.96. The summed E-state index contributed by atoms with van der Waals surface area (Å²) in [4.78, 5) is 9.54. The van der Waals surface area contributed by atoms with E-state index < -0.39 is 0 Å². The van der Waals surface area contributed by atoms with Gasteiger partial charge in [0.25, 0.3) is 0 Å². The summed E-state index contributed by atoms with van der Waals surface area (Å²) >= 11 is 0. The Morgan fingerprint density at radius 1 is 1.50 bits per heavy atom. The van der Waals surface area contributed by atoms with Crippen LogP contribution in [0.25, 0.3) is 0 Å². The highest BCUT2D eigenvalue weighted by atomic mass is 16.3. The Morgan fingerprint density at radius 3 is 2.58 bits per heavy atom. The molecule has 0 bridgehead atoms. The zero-order valence-corrected chi connectivity index (χ0v) is 7.15. The predicted octanol–water partition coefficient (Wildman–Crippen LogP) is -0.383. The molecule has 0 fully saturated rings. The first-order valence-corrected chi connectivity index (χ1v) is 3.54. The third-order valence-corrected chi connectivity index (χ3v) is 1.54. The van der Waals surface area contributed by atoms with Gasteiger partial charge in [-0.05, 0) is 0 Å². The van der Waals surface area contributed by atoms with Crippen LogP contribution in [-0.4, -0.2) is 29.2 Å². The zero-order valence-electron chi connectivity index (χ0n) is 7.15. The zero-order chi connectivity index (χ0) is 9.14. The average molecular weight is 168 g/mol. The van der Waals surface area contributed by atoms with Crippen molar-refractivity contribution in [3.8, 4) is 0 Å². The number of aliphatic hydroxyl groups is 1. The van der Waals surface area contributed by atoms with Crippen LogP contribution in [0.3, 0.4) is 0 Å². The summed E-state index contributed by atoms with van der Waals surface area (Å²) in [6, 6.07) is 0. The standard InChI is InChI=1S/C7H12N4O/c1-11(2)7-5(3-12)6(8)9-4-10-7/h4,12H,3H2,1-2H3,(H2,8,9,10). The van der Waals surface area contributed by atoms with Crippen LogP contribution in [0.4, 0.5) is 11.6 Å². The molecule has 3 N–H and O–H groups in total. The van der Waals surface area contributed by atoms with Crippen molar-refractivity contribution in [1.29, 1.82) is 0 Å². The first-order chi connectivity index (χ1) is 5.66. The molecule has 0 spiro atoms. The number of nitrogen functional groups attached to an aromatic ring is 1. The monoisotopic (exact) mass is 168 g/mol. The Hall–Kier alpha value is -1.36. The molecule has 12 heavy (non-hydrogen) atoms. The van der Waals surface area contributed by atoms with Gasteiger partial charge in [-0.2, -0.15) is 0 Å². The molecule has 0 saturated carbocycles. The normalized spacial score (nSPS) is 9.92. The van der Waals surface area contributed by atoms with Crippen molar-refractivity contribution in [2.75, 3.05) is 24.7 Å². The highest BCUT2D eigenvalue weighted by Crippen LogP contribution is 2.18. The molecule has 0 aliphatic heterocycles. The number of rotatable bonds is 2. The summed E-state index contributed by atoms with van der Waals surface area (Å²) in [6.45, 7) is -0.139. The molecule has 0 atom stereocenters. The molecule has 5 nitrogen and oxygen atoms in total. The lowest BCUT2D eigenvalue weighted by molar-refractivity contribution is 0.282. The fraction of sp³-hybridized carbons (Fsp3) is 0.429. The van der Waals surface area contributed by atoms with E-state index in [-0.39, 0.29) is 6.61 Å². The molecular formula is C7H12N4O. The summed E-state index contributed by atoms with van der Waals surface area (Å²) < 4.78 is 0. The molecule has 0 unspecified atom stereocenters. The van der Waals surface area contributed by atoms with E-state index in [2.05, 4.69) is 9.97 Å². The first kappa shape index (κ1) is 8.73. The van der Waals surface area contributed by atoms with Gasteiger partial charge in [-0.25, -0.2) is 9.97 Å². The Labute approximate surface area is 70.9 Å². The number of anilines is 2. The second-order valence-electron chi connectivity index (χ2n) is 2.61. The van der Waals surface area contributed by atoms with Crippen LogP contribution < -0.4 is 10.6 Å². The van der Waals surface area contributed by atoms with Crippen LogP contribution in [-0.2, 0) is 6.61 Å². The minimum absolute atomic E-state index is 0.139. The lowest BCUT2D eigenvalue weighted by Gasteiger charge is -2.14. The molecule has 0 aliphatic carbocycles. The molecule has 1 aromatic heterocycles. The predicted molar refractivity (Wildman–Crippen MR) is 46.7 cm³/mol. The molecule has 1 aromatic rings. The molecule has 1 heterocycles. The van der Waals surface area contributed by atoms with Crippen LogP contribution in [0, 0.1) is 0 Å². The van der Waals surface area contributed by atoms with Crippen molar-refractivity contribution in [3.05, 3.63) is 11.9 Å². The first-order valence-electron chi connectivity index (χ1n) is 3.54. The maximum Gasteiger partial charge on any atom is 0.139 e. The van der Waals surface area contributed by atoms with E-state index >= 15 is 0 Å². The highest BCUT2D eigenvalue weighted by Gasteiger charge is 2.08. The summed E-state index contributed by atoms with van der Waals surface area (Å²) in [5, 5.41) is 8.96. The number of hydrogen-bond donors (Lipinski definition) is 2. The maximum absolute atomic E-state index is 8.96. The van der Waals surface area contributed by atoms with E-state index in [0.29, 0.717) is 17.2 Å². The SMILES string of the molecule is CN(C)c1ncnc(N)c1CO.